The van der Waals surface area contributed by atoms with E-state index in [1.165, 1.54) is 0 Å². The van der Waals surface area contributed by atoms with Crippen LogP contribution in [0.1, 0.15) is 39.0 Å². The SMILES string of the molecule is CCCCCC(=O)OCC1=CCN2CC[C@@H](O)C12. The first-order valence-corrected chi connectivity index (χ1v) is 6.99. The minimum Gasteiger partial charge on any atom is -0.461 e. The zero-order chi connectivity index (χ0) is 13.0. The van der Waals surface area contributed by atoms with Gasteiger partial charge in [0.2, 0.25) is 0 Å². The Morgan fingerprint density at radius 3 is 3.17 bits per heavy atom. The van der Waals surface area contributed by atoms with Gasteiger partial charge in [0, 0.05) is 19.5 Å². The maximum Gasteiger partial charge on any atom is 0.306 e. The third-order valence-electron chi connectivity index (χ3n) is 3.82. The number of ether oxygens (including phenoxy) is 1. The zero-order valence-electron chi connectivity index (χ0n) is 11.1. The molecular formula is C14H23NO3. The molecule has 2 atom stereocenters. The second-order valence-electron chi connectivity index (χ2n) is 5.19. The van der Waals surface area contributed by atoms with E-state index in [1.807, 2.05) is 0 Å². The molecule has 0 bridgehead atoms. The minimum atomic E-state index is -0.294. The fourth-order valence-corrected chi connectivity index (χ4v) is 2.78. The molecule has 1 fully saturated rings. The zero-order valence-corrected chi connectivity index (χ0v) is 11.1. The van der Waals surface area contributed by atoms with Crippen molar-refractivity contribution in [2.75, 3.05) is 19.7 Å². The van der Waals surface area contributed by atoms with Gasteiger partial charge in [-0.25, -0.2) is 0 Å². The Labute approximate surface area is 109 Å². The van der Waals surface area contributed by atoms with Crippen molar-refractivity contribution in [3.8, 4) is 0 Å². The monoisotopic (exact) mass is 253 g/mol. The number of carbonyl (C=O) groups excluding carboxylic acids is 1. The van der Waals surface area contributed by atoms with Gasteiger partial charge in [-0.05, 0) is 18.4 Å². The third-order valence-corrected chi connectivity index (χ3v) is 3.82. The number of nitrogens with zero attached hydrogens (tertiary/aromatic N) is 1. The summed E-state index contributed by atoms with van der Waals surface area (Å²) in [7, 11) is 0. The molecule has 0 amide bonds. The summed E-state index contributed by atoms with van der Waals surface area (Å²) >= 11 is 0. The van der Waals surface area contributed by atoms with Crippen molar-refractivity contribution in [1.82, 2.24) is 4.90 Å². The molecule has 0 aromatic rings. The molecule has 2 aliphatic heterocycles. The number of fused-ring (bicyclic) bond motifs is 1. The molecule has 4 heteroatoms. The van der Waals surface area contributed by atoms with E-state index >= 15 is 0 Å². The van der Waals surface area contributed by atoms with Gasteiger partial charge < -0.3 is 9.84 Å². The Hall–Kier alpha value is -0.870. The van der Waals surface area contributed by atoms with E-state index < -0.39 is 0 Å². The van der Waals surface area contributed by atoms with Crippen molar-refractivity contribution < 1.29 is 14.6 Å². The van der Waals surface area contributed by atoms with Gasteiger partial charge in [-0.1, -0.05) is 25.8 Å². The highest BCUT2D eigenvalue weighted by Gasteiger charge is 2.38. The molecule has 2 heterocycles. The number of esters is 1. The molecule has 4 nitrogen and oxygen atoms in total. The first kappa shape index (κ1) is 13.6. The van der Waals surface area contributed by atoms with E-state index in [4.69, 9.17) is 4.74 Å². The number of hydrogen-bond donors (Lipinski definition) is 1. The first-order valence-electron chi connectivity index (χ1n) is 6.99. The van der Waals surface area contributed by atoms with Gasteiger partial charge in [0.1, 0.15) is 6.61 Å². The summed E-state index contributed by atoms with van der Waals surface area (Å²) in [5.41, 5.74) is 1.07. The van der Waals surface area contributed by atoms with Crippen molar-refractivity contribution >= 4 is 5.97 Å². The van der Waals surface area contributed by atoms with Crippen molar-refractivity contribution in [3.63, 3.8) is 0 Å². The Kier molecular flexibility index (Phi) is 4.78. The standard InChI is InChI=1S/C14H23NO3/c1-2-3-4-5-13(17)18-10-11-6-8-15-9-7-12(16)14(11)15/h6,12,14,16H,2-5,7-10H2,1H3/t12-,14?/m1/s1. The van der Waals surface area contributed by atoms with Crippen molar-refractivity contribution in [2.24, 2.45) is 0 Å². The number of unbranched alkanes of at least 4 members (excludes halogenated alkanes) is 2. The van der Waals surface area contributed by atoms with Gasteiger partial charge in [0.15, 0.2) is 0 Å². The Morgan fingerprint density at radius 2 is 2.39 bits per heavy atom. The molecule has 2 rings (SSSR count). The summed E-state index contributed by atoms with van der Waals surface area (Å²) in [5.74, 6) is -0.115. The quantitative estimate of drug-likeness (QED) is 0.442. The van der Waals surface area contributed by atoms with Gasteiger partial charge in [-0.3, -0.25) is 9.69 Å². The Morgan fingerprint density at radius 1 is 1.56 bits per heavy atom. The lowest BCUT2D eigenvalue weighted by atomic mass is 10.1. The molecule has 0 aromatic heterocycles. The maximum atomic E-state index is 11.5. The van der Waals surface area contributed by atoms with Crippen molar-refractivity contribution in [3.05, 3.63) is 11.6 Å². The van der Waals surface area contributed by atoms with Crippen molar-refractivity contribution in [2.45, 2.75) is 51.2 Å². The summed E-state index contributed by atoms with van der Waals surface area (Å²) in [6, 6.07) is 0.0911. The largest absolute Gasteiger partial charge is 0.461 e. The summed E-state index contributed by atoms with van der Waals surface area (Å²) in [5, 5.41) is 9.89. The van der Waals surface area contributed by atoms with Gasteiger partial charge >= 0.3 is 5.97 Å². The molecule has 1 unspecified atom stereocenters. The fourth-order valence-electron chi connectivity index (χ4n) is 2.78. The van der Waals surface area contributed by atoms with E-state index in [0.717, 1.165) is 44.3 Å². The lowest BCUT2D eigenvalue weighted by molar-refractivity contribution is -0.143. The smallest absolute Gasteiger partial charge is 0.306 e. The lowest BCUT2D eigenvalue weighted by Gasteiger charge is -2.20. The molecule has 2 aliphatic rings. The highest BCUT2D eigenvalue weighted by atomic mass is 16.5. The molecule has 0 aliphatic carbocycles. The van der Waals surface area contributed by atoms with Gasteiger partial charge in [-0.15, -0.1) is 0 Å². The van der Waals surface area contributed by atoms with Crippen LogP contribution in [0, 0.1) is 0 Å². The second kappa shape index (κ2) is 6.34. The van der Waals surface area contributed by atoms with Crippen LogP contribution in [0.25, 0.3) is 0 Å². The highest BCUT2D eigenvalue weighted by molar-refractivity contribution is 5.69. The predicted molar refractivity (Wildman–Crippen MR) is 69.2 cm³/mol. The molecule has 102 valence electrons. The number of aliphatic hydroxyl groups excluding tert-OH is 1. The summed E-state index contributed by atoms with van der Waals surface area (Å²) in [4.78, 5) is 13.8. The normalized spacial score (nSPS) is 27.1. The van der Waals surface area contributed by atoms with Gasteiger partial charge in [0.25, 0.3) is 0 Å². The van der Waals surface area contributed by atoms with Crippen LogP contribution in [0.4, 0.5) is 0 Å². The van der Waals surface area contributed by atoms with E-state index in [0.29, 0.717) is 13.0 Å². The predicted octanol–water partition coefficient (Wildman–Crippen LogP) is 1.49. The van der Waals surface area contributed by atoms with Crippen LogP contribution < -0.4 is 0 Å². The summed E-state index contributed by atoms with van der Waals surface area (Å²) in [6.45, 7) is 4.29. The van der Waals surface area contributed by atoms with Crippen LogP contribution in [0.15, 0.2) is 11.6 Å². The maximum absolute atomic E-state index is 11.5. The van der Waals surface area contributed by atoms with Crippen LogP contribution in [-0.2, 0) is 9.53 Å². The molecule has 1 saturated heterocycles. The first-order chi connectivity index (χ1) is 8.72. The van der Waals surface area contributed by atoms with Gasteiger partial charge in [-0.2, -0.15) is 0 Å². The van der Waals surface area contributed by atoms with Crippen molar-refractivity contribution in [1.29, 1.82) is 0 Å². The Balaban J connectivity index is 1.72. The van der Waals surface area contributed by atoms with E-state index in [1.54, 1.807) is 0 Å². The average molecular weight is 253 g/mol. The third kappa shape index (κ3) is 3.12. The molecule has 1 N–H and O–H groups in total. The van der Waals surface area contributed by atoms with Gasteiger partial charge in [0.05, 0.1) is 12.1 Å². The Bertz CT molecular complexity index is 327. The summed E-state index contributed by atoms with van der Waals surface area (Å²) in [6.07, 6.45) is 6.23. The summed E-state index contributed by atoms with van der Waals surface area (Å²) < 4.78 is 5.28. The number of carbonyl (C=O) groups is 1. The van der Waals surface area contributed by atoms with E-state index in [2.05, 4.69) is 17.9 Å². The molecule has 0 spiro atoms. The number of aliphatic hydroxyl groups is 1. The van der Waals surface area contributed by atoms with Crippen LogP contribution in [-0.4, -0.2) is 47.8 Å². The van der Waals surface area contributed by atoms with Crippen LogP contribution in [0.5, 0.6) is 0 Å². The highest BCUT2D eigenvalue weighted by Crippen LogP contribution is 2.29. The van der Waals surface area contributed by atoms with Crippen LogP contribution in [0.2, 0.25) is 0 Å². The second-order valence-corrected chi connectivity index (χ2v) is 5.19. The van der Waals surface area contributed by atoms with E-state index in [-0.39, 0.29) is 18.1 Å². The number of hydrogen-bond acceptors (Lipinski definition) is 4. The topological polar surface area (TPSA) is 49.8 Å². The fraction of sp³-hybridized carbons (Fsp3) is 0.786. The lowest BCUT2D eigenvalue weighted by Crippen LogP contribution is -2.33. The molecule has 0 aromatic carbocycles. The minimum absolute atomic E-state index is 0.0911. The molecule has 18 heavy (non-hydrogen) atoms. The molecule has 0 radical (unpaired) electrons. The molecule has 0 saturated carbocycles. The average Bonchev–Trinajstić information content (AvgIpc) is 2.91. The van der Waals surface area contributed by atoms with Crippen LogP contribution in [0.3, 0.4) is 0 Å². The van der Waals surface area contributed by atoms with Crippen LogP contribution >= 0.6 is 0 Å². The molecular weight excluding hydrogens is 230 g/mol. The number of rotatable bonds is 6. The van der Waals surface area contributed by atoms with E-state index in [9.17, 15) is 9.90 Å².